The van der Waals surface area contributed by atoms with Crippen LogP contribution < -0.4 is 5.32 Å². The van der Waals surface area contributed by atoms with Gasteiger partial charge in [-0.15, -0.1) is 11.8 Å². The molecule has 7 heteroatoms. The zero-order valence-electron chi connectivity index (χ0n) is 15.2. The van der Waals surface area contributed by atoms with Crippen molar-refractivity contribution in [1.82, 2.24) is 0 Å². The van der Waals surface area contributed by atoms with E-state index in [4.69, 9.17) is 4.74 Å². The molecule has 29 heavy (non-hydrogen) atoms. The van der Waals surface area contributed by atoms with Crippen molar-refractivity contribution in [3.8, 4) is 0 Å². The van der Waals surface area contributed by atoms with Crippen molar-refractivity contribution in [2.45, 2.75) is 10.1 Å². The lowest BCUT2D eigenvalue weighted by molar-refractivity contribution is -0.146. The quantitative estimate of drug-likeness (QED) is 0.438. The van der Waals surface area contributed by atoms with Crippen molar-refractivity contribution >= 4 is 29.3 Å². The minimum atomic E-state index is -1.08. The lowest BCUT2D eigenvalue weighted by atomic mass is 10.1. The van der Waals surface area contributed by atoms with E-state index in [2.05, 4.69) is 5.32 Å². The summed E-state index contributed by atoms with van der Waals surface area (Å²) in [7, 11) is 0. The van der Waals surface area contributed by atoms with Crippen LogP contribution in [0.5, 0.6) is 0 Å². The molecule has 3 rings (SSSR count). The molecule has 0 fully saturated rings. The van der Waals surface area contributed by atoms with Crippen molar-refractivity contribution < 1.29 is 23.1 Å². The number of halogens is 2. The predicted octanol–water partition coefficient (Wildman–Crippen LogP) is 4.98. The molecule has 0 saturated heterocycles. The zero-order valence-corrected chi connectivity index (χ0v) is 16.0. The van der Waals surface area contributed by atoms with Crippen molar-refractivity contribution in [3.63, 3.8) is 0 Å². The molecule has 0 unspecified atom stereocenters. The maximum atomic E-state index is 13.2. The summed E-state index contributed by atoms with van der Waals surface area (Å²) >= 11 is 1.31. The van der Waals surface area contributed by atoms with Gasteiger partial charge in [0.15, 0.2) is 18.2 Å². The normalized spacial score (nSPS) is 11.5. The van der Waals surface area contributed by atoms with E-state index < -0.39 is 35.4 Å². The molecule has 0 aliphatic heterocycles. The largest absolute Gasteiger partial charge is 0.454 e. The van der Waals surface area contributed by atoms with E-state index in [0.717, 1.165) is 22.6 Å². The first-order chi connectivity index (χ1) is 14.0. The molecule has 1 atom stereocenters. The summed E-state index contributed by atoms with van der Waals surface area (Å²) < 4.78 is 31.4. The second-order valence-electron chi connectivity index (χ2n) is 6.01. The molecule has 3 aromatic rings. The molecule has 0 aliphatic rings. The first-order valence-corrected chi connectivity index (χ1v) is 9.59. The first kappa shape index (κ1) is 20.5. The van der Waals surface area contributed by atoms with E-state index in [-0.39, 0.29) is 5.69 Å². The first-order valence-electron chi connectivity index (χ1n) is 8.71. The Balaban J connectivity index is 1.64. The third-order valence-electron chi connectivity index (χ3n) is 3.86. The Labute approximate surface area is 170 Å². The van der Waals surface area contributed by atoms with Gasteiger partial charge in [-0.1, -0.05) is 48.5 Å². The number of anilines is 1. The fourth-order valence-electron chi connectivity index (χ4n) is 2.50. The molecule has 148 valence electrons. The maximum absolute atomic E-state index is 13.2. The molecular weight excluding hydrogens is 396 g/mol. The molecule has 0 aliphatic carbocycles. The van der Waals surface area contributed by atoms with Crippen molar-refractivity contribution in [2.75, 3.05) is 11.9 Å². The van der Waals surface area contributed by atoms with Gasteiger partial charge in [-0.2, -0.15) is 0 Å². The van der Waals surface area contributed by atoms with Gasteiger partial charge >= 0.3 is 5.97 Å². The summed E-state index contributed by atoms with van der Waals surface area (Å²) in [5, 5.41) is 1.71. The average Bonchev–Trinajstić information content (AvgIpc) is 2.74. The van der Waals surface area contributed by atoms with Gasteiger partial charge < -0.3 is 10.1 Å². The highest BCUT2D eigenvalue weighted by Gasteiger charge is 2.24. The van der Waals surface area contributed by atoms with Crippen LogP contribution in [0.25, 0.3) is 0 Å². The minimum absolute atomic E-state index is 0.0724. The van der Waals surface area contributed by atoms with Crippen molar-refractivity contribution in [2.24, 2.45) is 0 Å². The smallest absolute Gasteiger partial charge is 0.324 e. The summed E-state index contributed by atoms with van der Waals surface area (Å²) in [5.74, 6) is -3.33. The van der Waals surface area contributed by atoms with Crippen LogP contribution in [-0.4, -0.2) is 18.5 Å². The number of hydrogen-bond acceptors (Lipinski definition) is 4. The maximum Gasteiger partial charge on any atom is 0.324 e. The fraction of sp³-hybridized carbons (Fsp3) is 0.0909. The van der Waals surface area contributed by atoms with E-state index in [1.807, 2.05) is 60.7 Å². The fourth-order valence-corrected chi connectivity index (χ4v) is 3.54. The van der Waals surface area contributed by atoms with E-state index in [0.29, 0.717) is 0 Å². The molecular formula is C22H17F2NO3S. The van der Waals surface area contributed by atoms with Gasteiger partial charge in [0.1, 0.15) is 5.25 Å². The number of ether oxygens (including phenoxy) is 1. The van der Waals surface area contributed by atoms with Crippen molar-refractivity contribution in [1.29, 1.82) is 0 Å². The molecule has 1 amide bonds. The SMILES string of the molecule is O=C(COC(=O)[C@@H](Sc1ccccc1)c1ccccc1)Nc1ccc(F)c(F)c1. The van der Waals surface area contributed by atoms with E-state index in [1.54, 1.807) is 0 Å². The predicted molar refractivity (Wildman–Crippen MR) is 107 cm³/mol. The Morgan fingerprint density at radius 1 is 0.897 bits per heavy atom. The Morgan fingerprint density at radius 2 is 1.55 bits per heavy atom. The number of benzene rings is 3. The number of nitrogens with one attached hydrogen (secondary N) is 1. The van der Waals surface area contributed by atoms with Gasteiger partial charge in [-0.3, -0.25) is 9.59 Å². The number of carbonyl (C=O) groups excluding carboxylic acids is 2. The van der Waals surface area contributed by atoms with Gasteiger partial charge in [0, 0.05) is 16.6 Å². The third-order valence-corrected chi connectivity index (χ3v) is 5.11. The molecule has 0 aromatic heterocycles. The van der Waals surface area contributed by atoms with Gasteiger partial charge in [-0.05, 0) is 29.8 Å². The highest BCUT2D eigenvalue weighted by molar-refractivity contribution is 8.00. The number of hydrogen-bond donors (Lipinski definition) is 1. The summed E-state index contributed by atoms with van der Waals surface area (Å²) in [4.78, 5) is 25.6. The highest BCUT2D eigenvalue weighted by Crippen LogP contribution is 2.36. The summed E-state index contributed by atoms with van der Waals surface area (Å²) in [5.41, 5.74) is 0.815. The number of carbonyl (C=O) groups is 2. The van der Waals surface area contributed by atoms with Gasteiger partial charge in [-0.25, -0.2) is 8.78 Å². The molecule has 0 heterocycles. The lowest BCUT2D eigenvalue weighted by Crippen LogP contribution is -2.23. The van der Waals surface area contributed by atoms with E-state index >= 15 is 0 Å². The van der Waals surface area contributed by atoms with Crippen LogP contribution >= 0.6 is 11.8 Å². The zero-order chi connectivity index (χ0) is 20.6. The molecule has 4 nitrogen and oxygen atoms in total. The molecule has 0 bridgehead atoms. The number of rotatable bonds is 7. The lowest BCUT2D eigenvalue weighted by Gasteiger charge is -2.16. The average molecular weight is 413 g/mol. The molecule has 3 aromatic carbocycles. The van der Waals surface area contributed by atoms with Crippen LogP contribution in [0.15, 0.2) is 83.8 Å². The Hall–Kier alpha value is -3.19. The summed E-state index contributed by atoms with van der Waals surface area (Å²) in [6, 6.07) is 21.4. The Morgan fingerprint density at radius 3 is 2.21 bits per heavy atom. The number of thioether (sulfide) groups is 1. The molecule has 0 saturated carbocycles. The monoisotopic (exact) mass is 413 g/mol. The molecule has 0 spiro atoms. The van der Waals surface area contributed by atoms with Crippen molar-refractivity contribution in [3.05, 3.63) is 96.1 Å². The number of amides is 1. The van der Waals surface area contributed by atoms with E-state index in [9.17, 15) is 18.4 Å². The second kappa shape index (κ2) is 9.84. The van der Waals surface area contributed by atoms with Crippen LogP contribution in [0.3, 0.4) is 0 Å². The van der Waals surface area contributed by atoms with Gasteiger partial charge in [0.05, 0.1) is 0 Å². The molecule has 1 N–H and O–H groups in total. The van der Waals surface area contributed by atoms with Crippen LogP contribution in [0, 0.1) is 11.6 Å². The summed E-state index contributed by atoms with van der Waals surface area (Å²) in [6.07, 6.45) is 0. The molecule has 0 radical (unpaired) electrons. The Bertz CT molecular complexity index is 984. The number of esters is 1. The van der Waals surface area contributed by atoms with Crippen LogP contribution in [-0.2, 0) is 14.3 Å². The second-order valence-corrected chi connectivity index (χ2v) is 7.18. The van der Waals surface area contributed by atoms with Crippen LogP contribution in [0.4, 0.5) is 14.5 Å². The van der Waals surface area contributed by atoms with Crippen LogP contribution in [0.2, 0.25) is 0 Å². The van der Waals surface area contributed by atoms with Gasteiger partial charge in [0.25, 0.3) is 5.91 Å². The van der Waals surface area contributed by atoms with Crippen LogP contribution in [0.1, 0.15) is 10.8 Å². The van der Waals surface area contributed by atoms with E-state index in [1.165, 1.54) is 17.8 Å². The highest BCUT2D eigenvalue weighted by atomic mass is 32.2. The standard InChI is InChI=1S/C22H17F2NO3S/c23-18-12-11-16(13-19(18)24)25-20(26)14-28-22(27)21(15-7-3-1-4-8-15)29-17-9-5-2-6-10-17/h1-13,21H,14H2,(H,25,26)/t21-/m0/s1. The topological polar surface area (TPSA) is 55.4 Å². The summed E-state index contributed by atoms with van der Waals surface area (Å²) in [6.45, 7) is -0.545. The minimum Gasteiger partial charge on any atom is -0.454 e. The Kier molecular flexibility index (Phi) is 6.97. The van der Waals surface area contributed by atoms with Gasteiger partial charge in [0.2, 0.25) is 0 Å². The third kappa shape index (κ3) is 5.89.